The molecular weight excluding hydrogens is 375 g/mol. The van der Waals surface area contributed by atoms with Gasteiger partial charge in [0.2, 0.25) is 0 Å². The molecule has 2 aliphatic carbocycles. The van der Waals surface area contributed by atoms with E-state index in [1.54, 1.807) is 36.4 Å². The Morgan fingerprint density at radius 3 is 2.20 bits per heavy atom. The quantitative estimate of drug-likeness (QED) is 0.324. The van der Waals surface area contributed by atoms with Crippen LogP contribution in [0.15, 0.2) is 96.1 Å². The molecule has 3 aromatic carbocycles. The van der Waals surface area contributed by atoms with Crippen molar-refractivity contribution >= 4 is 17.6 Å². The van der Waals surface area contributed by atoms with E-state index in [-0.39, 0.29) is 17.1 Å². The van der Waals surface area contributed by atoms with Crippen molar-refractivity contribution in [1.29, 1.82) is 0 Å². The van der Waals surface area contributed by atoms with Crippen LogP contribution in [0.2, 0.25) is 0 Å². The third kappa shape index (κ3) is 2.62. The van der Waals surface area contributed by atoms with Gasteiger partial charge in [-0.25, -0.2) is 4.39 Å². The number of carbonyl (C=O) groups excluding carboxylic acids is 2. The lowest BCUT2D eigenvalue weighted by atomic mass is 9.58. The van der Waals surface area contributed by atoms with E-state index in [9.17, 15) is 14.0 Å². The van der Waals surface area contributed by atoms with E-state index in [0.717, 1.165) is 29.5 Å². The van der Waals surface area contributed by atoms with E-state index < -0.39 is 11.2 Å². The van der Waals surface area contributed by atoms with Crippen LogP contribution in [0.3, 0.4) is 0 Å². The van der Waals surface area contributed by atoms with Crippen LogP contribution in [0.25, 0.3) is 6.08 Å². The van der Waals surface area contributed by atoms with Crippen molar-refractivity contribution in [1.82, 2.24) is 0 Å². The average Bonchev–Trinajstić information content (AvgIpc) is 2.75. The molecule has 1 atom stereocenters. The lowest BCUT2D eigenvalue weighted by molar-refractivity contribution is -0.118. The maximum Gasteiger partial charge on any atom is 0.196 e. The highest BCUT2D eigenvalue weighted by Gasteiger charge is 2.51. The first kappa shape index (κ1) is 18.4. The standard InChI is InChI=1S/C27H19FO2/c28-22-14-15-24-19(16-22)17-23(25(29)18-8-3-1-4-9-18)26(30)27(24,21-12-7-13-21)20-10-5-2-6-11-20/h1-6,8-12,14-17H,7,13H2. The zero-order valence-corrected chi connectivity index (χ0v) is 16.3. The van der Waals surface area contributed by atoms with Crippen LogP contribution in [0.1, 0.15) is 39.9 Å². The van der Waals surface area contributed by atoms with Gasteiger partial charge in [-0.2, -0.15) is 0 Å². The van der Waals surface area contributed by atoms with Crippen LogP contribution in [0.4, 0.5) is 4.39 Å². The number of rotatable bonds is 4. The summed E-state index contributed by atoms with van der Waals surface area (Å²) < 4.78 is 14.2. The third-order valence-electron chi connectivity index (χ3n) is 6.08. The largest absolute Gasteiger partial charge is 0.292 e. The molecule has 0 radical (unpaired) electrons. The molecule has 5 rings (SSSR count). The van der Waals surface area contributed by atoms with Crippen molar-refractivity contribution in [2.75, 3.05) is 0 Å². The van der Waals surface area contributed by atoms with Crippen molar-refractivity contribution in [2.45, 2.75) is 18.3 Å². The van der Waals surface area contributed by atoms with Crippen molar-refractivity contribution in [3.63, 3.8) is 0 Å². The monoisotopic (exact) mass is 394 g/mol. The average molecular weight is 394 g/mol. The molecule has 0 N–H and O–H groups in total. The summed E-state index contributed by atoms with van der Waals surface area (Å²) in [4.78, 5) is 27.5. The van der Waals surface area contributed by atoms with Crippen molar-refractivity contribution in [3.8, 4) is 0 Å². The molecule has 0 aliphatic heterocycles. The minimum Gasteiger partial charge on any atom is -0.292 e. The van der Waals surface area contributed by atoms with Crippen molar-refractivity contribution < 1.29 is 14.0 Å². The number of Topliss-reactive ketones (excluding diaryl/α,β-unsaturated/α-hetero) is 2. The molecule has 30 heavy (non-hydrogen) atoms. The molecule has 0 spiro atoms. The van der Waals surface area contributed by atoms with Gasteiger partial charge in [0.25, 0.3) is 0 Å². The lowest BCUT2D eigenvalue weighted by Crippen LogP contribution is -2.45. The van der Waals surface area contributed by atoms with Gasteiger partial charge in [0, 0.05) is 5.56 Å². The summed E-state index contributed by atoms with van der Waals surface area (Å²) in [6.45, 7) is 0. The fraction of sp³-hybridized carbons (Fsp3) is 0.111. The van der Waals surface area contributed by atoms with E-state index in [4.69, 9.17) is 0 Å². The van der Waals surface area contributed by atoms with E-state index in [2.05, 4.69) is 6.08 Å². The SMILES string of the molecule is O=C(C1=Cc2cc(F)ccc2C(C2=CCC2)(c2ccccc2)C1=O)c1ccccc1. The number of ketones is 2. The first-order chi connectivity index (χ1) is 14.6. The number of hydrogen-bond donors (Lipinski definition) is 0. The summed E-state index contributed by atoms with van der Waals surface area (Å²) in [6.07, 6.45) is 5.27. The second-order valence-corrected chi connectivity index (χ2v) is 7.70. The maximum absolute atomic E-state index is 14.2. The minimum atomic E-state index is -1.10. The van der Waals surface area contributed by atoms with Gasteiger partial charge in [-0.1, -0.05) is 78.4 Å². The molecule has 1 unspecified atom stereocenters. The fourth-order valence-corrected chi connectivity index (χ4v) is 4.56. The highest BCUT2D eigenvalue weighted by atomic mass is 19.1. The van der Waals surface area contributed by atoms with Gasteiger partial charge in [0.15, 0.2) is 11.6 Å². The Bertz CT molecular complexity index is 1220. The molecule has 146 valence electrons. The Morgan fingerprint density at radius 2 is 1.57 bits per heavy atom. The predicted molar refractivity (Wildman–Crippen MR) is 115 cm³/mol. The number of allylic oxidation sites excluding steroid dienone is 3. The molecule has 2 nitrogen and oxygen atoms in total. The van der Waals surface area contributed by atoms with Crippen LogP contribution in [-0.2, 0) is 10.2 Å². The summed E-state index contributed by atoms with van der Waals surface area (Å²) in [5, 5.41) is 0. The van der Waals surface area contributed by atoms with Crippen molar-refractivity contribution in [2.24, 2.45) is 0 Å². The van der Waals surface area contributed by atoms with Gasteiger partial charge in [0.05, 0.1) is 5.57 Å². The van der Waals surface area contributed by atoms with Crippen LogP contribution >= 0.6 is 0 Å². The van der Waals surface area contributed by atoms with E-state index >= 15 is 0 Å². The molecule has 0 saturated carbocycles. The number of carbonyl (C=O) groups is 2. The first-order valence-corrected chi connectivity index (χ1v) is 10.0. The molecule has 0 fully saturated rings. The molecule has 2 aliphatic rings. The lowest BCUT2D eigenvalue weighted by Gasteiger charge is -2.42. The van der Waals surface area contributed by atoms with E-state index in [1.807, 2.05) is 36.4 Å². The molecule has 0 heterocycles. The highest BCUT2D eigenvalue weighted by Crippen LogP contribution is 2.50. The number of benzene rings is 3. The van der Waals surface area contributed by atoms with Gasteiger partial charge in [-0.05, 0) is 47.7 Å². The summed E-state index contributed by atoms with van der Waals surface area (Å²) in [6, 6.07) is 22.8. The Balaban J connectivity index is 1.81. The Morgan fingerprint density at radius 1 is 0.900 bits per heavy atom. The zero-order chi connectivity index (χ0) is 20.7. The second kappa shape index (κ2) is 7.03. The number of halogens is 1. The normalized spacial score (nSPS) is 20.0. The van der Waals surface area contributed by atoms with Gasteiger partial charge in [-0.3, -0.25) is 9.59 Å². The number of fused-ring (bicyclic) bond motifs is 1. The smallest absolute Gasteiger partial charge is 0.196 e. The number of hydrogen-bond acceptors (Lipinski definition) is 2. The summed E-state index contributed by atoms with van der Waals surface area (Å²) in [7, 11) is 0. The Labute approximate surface area is 174 Å². The van der Waals surface area contributed by atoms with Crippen LogP contribution in [0, 0.1) is 5.82 Å². The van der Waals surface area contributed by atoms with Gasteiger partial charge in [-0.15, -0.1) is 0 Å². The maximum atomic E-state index is 14.2. The molecule has 0 aromatic heterocycles. The molecule has 3 heteroatoms. The minimum absolute atomic E-state index is 0.0935. The second-order valence-electron chi connectivity index (χ2n) is 7.70. The fourth-order valence-electron chi connectivity index (χ4n) is 4.56. The summed E-state index contributed by atoms with van der Waals surface area (Å²) >= 11 is 0. The molecule has 0 amide bonds. The summed E-state index contributed by atoms with van der Waals surface area (Å²) in [5.41, 5.74) is 2.52. The van der Waals surface area contributed by atoms with Crippen LogP contribution in [0.5, 0.6) is 0 Å². The third-order valence-corrected chi connectivity index (χ3v) is 6.08. The van der Waals surface area contributed by atoms with Gasteiger partial charge in [0.1, 0.15) is 11.2 Å². The molecule has 3 aromatic rings. The van der Waals surface area contributed by atoms with E-state index in [0.29, 0.717) is 11.1 Å². The predicted octanol–water partition coefficient (Wildman–Crippen LogP) is 5.68. The summed E-state index contributed by atoms with van der Waals surface area (Å²) in [5.74, 6) is -0.973. The molecule has 0 saturated heterocycles. The topological polar surface area (TPSA) is 34.1 Å². The Hall–Kier alpha value is -3.59. The van der Waals surface area contributed by atoms with Crippen LogP contribution in [-0.4, -0.2) is 11.6 Å². The first-order valence-electron chi connectivity index (χ1n) is 10.0. The molecule has 0 bridgehead atoms. The van der Waals surface area contributed by atoms with Crippen molar-refractivity contribution in [3.05, 3.63) is 124 Å². The van der Waals surface area contributed by atoms with Crippen LogP contribution < -0.4 is 0 Å². The zero-order valence-electron chi connectivity index (χ0n) is 16.3. The van der Waals surface area contributed by atoms with Gasteiger partial charge >= 0.3 is 0 Å². The van der Waals surface area contributed by atoms with Gasteiger partial charge < -0.3 is 0 Å². The Kier molecular flexibility index (Phi) is 4.32. The highest BCUT2D eigenvalue weighted by molar-refractivity contribution is 6.34. The molecular formula is C27H19FO2. The van der Waals surface area contributed by atoms with E-state index in [1.165, 1.54) is 12.1 Å².